The van der Waals surface area contributed by atoms with Crippen molar-refractivity contribution >= 4 is 42.1 Å². The van der Waals surface area contributed by atoms with E-state index in [2.05, 4.69) is 42.5 Å². The highest BCUT2D eigenvalue weighted by molar-refractivity contribution is 6.91. The number of aryl methyl sites for hydroxylation is 1. The van der Waals surface area contributed by atoms with E-state index >= 15 is 4.79 Å². The fraction of sp³-hybridized carbons (Fsp3) is 0.349. The minimum absolute atomic E-state index is 0.0213. The summed E-state index contributed by atoms with van der Waals surface area (Å²) in [5.41, 5.74) is 3.59. The van der Waals surface area contributed by atoms with Crippen LogP contribution in [0.1, 0.15) is 48.9 Å². The zero-order valence-electron chi connectivity index (χ0n) is 31.3. The van der Waals surface area contributed by atoms with Crippen LogP contribution in [0.4, 0.5) is 17.1 Å². The van der Waals surface area contributed by atoms with Crippen molar-refractivity contribution in [2.45, 2.75) is 69.0 Å². The number of aromatic nitrogens is 3. The van der Waals surface area contributed by atoms with E-state index in [1.165, 1.54) is 5.19 Å². The zero-order chi connectivity index (χ0) is 37.6. The molecular weight excluding hydrogens is 695 g/mol. The molecule has 10 nitrogen and oxygen atoms in total. The van der Waals surface area contributed by atoms with Gasteiger partial charge in [-0.2, -0.15) is 0 Å². The van der Waals surface area contributed by atoms with Crippen LogP contribution in [0, 0.1) is 5.92 Å². The van der Waals surface area contributed by atoms with Crippen molar-refractivity contribution in [3.8, 4) is 5.75 Å². The van der Waals surface area contributed by atoms with E-state index in [1.807, 2.05) is 112 Å². The number of hydrogen-bond acceptors (Lipinski definition) is 7. The van der Waals surface area contributed by atoms with Crippen molar-refractivity contribution in [2.24, 2.45) is 5.92 Å². The number of benzene rings is 4. The van der Waals surface area contributed by atoms with Crippen LogP contribution in [0.15, 0.2) is 109 Å². The monoisotopic (exact) mass is 741 g/mol. The lowest BCUT2D eigenvalue weighted by Gasteiger charge is -2.37. The number of ether oxygens (including phenoxy) is 2. The van der Waals surface area contributed by atoms with Crippen LogP contribution in [0.25, 0.3) is 0 Å². The van der Waals surface area contributed by atoms with Crippen molar-refractivity contribution in [1.29, 1.82) is 0 Å². The Morgan fingerprint density at radius 2 is 1.69 bits per heavy atom. The number of carbonyl (C=O) groups excluding carboxylic acids is 2. The van der Waals surface area contributed by atoms with Gasteiger partial charge >= 0.3 is 0 Å². The number of hydrogen-bond donors (Lipinski definition) is 1. The van der Waals surface area contributed by atoms with E-state index in [0.717, 1.165) is 40.4 Å². The molecule has 3 aliphatic rings. The molecule has 5 aromatic rings. The summed E-state index contributed by atoms with van der Waals surface area (Å²) in [5, 5.41) is 20.5. The molecule has 1 aromatic heterocycles. The van der Waals surface area contributed by atoms with Crippen molar-refractivity contribution in [2.75, 3.05) is 30.1 Å². The first-order valence-corrected chi connectivity index (χ1v) is 22.0. The Bertz CT molecular complexity index is 2140. The summed E-state index contributed by atoms with van der Waals surface area (Å²) in [6.45, 7) is 8.03. The molecule has 0 radical (unpaired) electrons. The molecule has 8 rings (SSSR count). The average molecular weight is 742 g/mol. The molecule has 4 heterocycles. The van der Waals surface area contributed by atoms with Gasteiger partial charge in [-0.05, 0) is 66.4 Å². The Morgan fingerprint density at radius 1 is 0.963 bits per heavy atom. The summed E-state index contributed by atoms with van der Waals surface area (Å²) in [4.78, 5) is 32.0. The van der Waals surface area contributed by atoms with Gasteiger partial charge in [0.15, 0.2) is 5.60 Å². The van der Waals surface area contributed by atoms with Crippen molar-refractivity contribution < 1.29 is 24.2 Å². The predicted octanol–water partition coefficient (Wildman–Crippen LogP) is 6.52. The van der Waals surface area contributed by atoms with Gasteiger partial charge in [-0.25, -0.2) is 0 Å². The number of aliphatic hydroxyl groups is 1. The van der Waals surface area contributed by atoms with Gasteiger partial charge in [0.2, 0.25) is 5.91 Å². The topological polar surface area (TPSA) is 110 Å². The van der Waals surface area contributed by atoms with Gasteiger partial charge in [0, 0.05) is 48.6 Å². The maximum Gasteiger partial charge on any atom is 0.268 e. The van der Waals surface area contributed by atoms with Crippen molar-refractivity contribution in [3.05, 3.63) is 126 Å². The zero-order valence-corrected chi connectivity index (χ0v) is 32.3. The molecule has 5 atom stereocenters. The Labute approximate surface area is 317 Å². The minimum Gasteiger partial charge on any atom is -0.497 e. The van der Waals surface area contributed by atoms with E-state index in [4.69, 9.17) is 9.47 Å². The Morgan fingerprint density at radius 3 is 2.35 bits per heavy atom. The van der Waals surface area contributed by atoms with Crippen LogP contribution in [-0.4, -0.2) is 66.4 Å². The van der Waals surface area contributed by atoms with Gasteiger partial charge in [0.25, 0.3) is 5.91 Å². The number of carbonyl (C=O) groups is 2. The molecular formula is C43H47N5O5Si. The average Bonchev–Trinajstić information content (AvgIpc) is 3.97. The van der Waals surface area contributed by atoms with Crippen LogP contribution in [0.5, 0.6) is 5.75 Å². The summed E-state index contributed by atoms with van der Waals surface area (Å²) < 4.78 is 14.8. The molecule has 1 spiro atoms. The van der Waals surface area contributed by atoms with Crippen LogP contribution in [-0.2, 0) is 26.5 Å². The van der Waals surface area contributed by atoms with Gasteiger partial charge in [-0.15, -0.1) is 5.10 Å². The highest BCUT2D eigenvalue weighted by atomic mass is 28.3. The predicted molar refractivity (Wildman–Crippen MR) is 211 cm³/mol. The highest BCUT2D eigenvalue weighted by Crippen LogP contribution is 2.61. The highest BCUT2D eigenvalue weighted by Gasteiger charge is 2.66. The number of fused-ring (bicyclic) bond motifs is 2. The first-order valence-electron chi connectivity index (χ1n) is 18.9. The van der Waals surface area contributed by atoms with E-state index < -0.39 is 13.7 Å². The van der Waals surface area contributed by atoms with Crippen molar-refractivity contribution in [3.63, 3.8) is 0 Å². The Hall–Kier alpha value is -5.10. The van der Waals surface area contributed by atoms with Crippen LogP contribution in [0.2, 0.25) is 18.6 Å². The molecule has 4 aromatic carbocycles. The summed E-state index contributed by atoms with van der Waals surface area (Å²) >= 11 is 0. The quantitative estimate of drug-likeness (QED) is 0.154. The summed E-state index contributed by atoms with van der Waals surface area (Å²) in [6, 6.07) is 34.0. The van der Waals surface area contributed by atoms with Gasteiger partial charge in [-0.3, -0.25) is 19.2 Å². The van der Waals surface area contributed by atoms with Crippen LogP contribution >= 0.6 is 0 Å². The SMILES string of the molecule is COc1ccc([Si](C)(C)[C@H]2[C@H](CCn3cc(C(CO)c4ccccc4)nn3)O[C@@]3(C(=O)N(c4ccccc4)c4ccc(N5CCCC5=O)cc43)[C@@H]2C)cc1. The first-order chi connectivity index (χ1) is 26.2. The molecule has 54 heavy (non-hydrogen) atoms. The van der Waals surface area contributed by atoms with E-state index in [1.54, 1.807) is 7.11 Å². The third-order valence-electron chi connectivity index (χ3n) is 12.1. The van der Waals surface area contributed by atoms with Gasteiger partial charge < -0.3 is 19.5 Å². The number of rotatable bonds is 11. The lowest BCUT2D eigenvalue weighted by molar-refractivity contribution is -0.145. The third kappa shape index (κ3) is 5.95. The molecule has 0 saturated carbocycles. The number of anilines is 3. The summed E-state index contributed by atoms with van der Waals surface area (Å²) in [6.07, 6.45) is 3.53. The maximum atomic E-state index is 15.3. The fourth-order valence-electron chi connectivity index (χ4n) is 9.32. The molecule has 1 unspecified atom stereocenters. The summed E-state index contributed by atoms with van der Waals surface area (Å²) in [5.74, 6) is 0.297. The molecule has 278 valence electrons. The lowest BCUT2D eigenvalue weighted by atomic mass is 9.82. The first kappa shape index (κ1) is 35.9. The van der Waals surface area contributed by atoms with E-state index in [-0.39, 0.29) is 41.9 Å². The Kier molecular flexibility index (Phi) is 9.49. The molecule has 3 aliphatic heterocycles. The van der Waals surface area contributed by atoms with Crippen molar-refractivity contribution in [1.82, 2.24) is 15.0 Å². The number of amides is 2. The second kappa shape index (κ2) is 14.3. The summed E-state index contributed by atoms with van der Waals surface area (Å²) in [7, 11) is -0.724. The maximum absolute atomic E-state index is 15.3. The normalized spacial score (nSPS) is 23.0. The number of aliphatic hydroxyl groups excluding tert-OH is 1. The lowest BCUT2D eigenvalue weighted by Crippen LogP contribution is -2.51. The van der Waals surface area contributed by atoms with Gasteiger partial charge in [0.1, 0.15) is 5.75 Å². The standard InChI is InChI=1S/C43H47N5O5Si/c1-29-41(54(3,4)34-20-18-33(52-2)19-21-34)39(23-25-46-27-37(44-45-46)35(28-49)30-12-7-5-8-13-30)53-43(29)36-26-32(47-24-11-16-40(47)50)17-22-38(36)48(42(43)51)31-14-9-6-10-15-31/h5-10,12-15,17-22,26-27,29,35,39,41,49H,11,16,23-25,28H2,1-4H3/t29-,35?,39+,41-,43+/m1/s1. The smallest absolute Gasteiger partial charge is 0.268 e. The molecule has 2 fully saturated rings. The second-order valence-corrected chi connectivity index (χ2v) is 20.0. The number of nitrogens with zero attached hydrogens (tertiary/aromatic N) is 5. The second-order valence-electron chi connectivity index (χ2n) is 15.3. The molecule has 11 heteroatoms. The Balaban J connectivity index is 1.20. The number of para-hydroxylation sites is 1. The number of methoxy groups -OCH3 is 1. The van der Waals surface area contributed by atoms with Crippen LogP contribution in [0.3, 0.4) is 0 Å². The fourth-order valence-corrected chi connectivity index (χ4v) is 13.4. The van der Waals surface area contributed by atoms with E-state index in [9.17, 15) is 9.90 Å². The van der Waals surface area contributed by atoms with Crippen LogP contribution < -0.4 is 19.7 Å². The third-order valence-corrected chi connectivity index (χ3v) is 16.4. The molecule has 1 N–H and O–H groups in total. The van der Waals surface area contributed by atoms with Gasteiger partial charge in [0.05, 0.1) is 45.2 Å². The van der Waals surface area contributed by atoms with E-state index in [0.29, 0.717) is 31.6 Å². The van der Waals surface area contributed by atoms with Gasteiger partial charge in [-0.1, -0.05) is 91.1 Å². The molecule has 0 aliphatic carbocycles. The largest absolute Gasteiger partial charge is 0.497 e. The molecule has 2 amide bonds. The minimum atomic E-state index is -2.40. The molecule has 0 bridgehead atoms. The molecule has 2 saturated heterocycles.